The van der Waals surface area contributed by atoms with E-state index in [0.717, 1.165) is 25.7 Å². The Bertz CT molecular complexity index is 310. The number of amides is 3. The summed E-state index contributed by atoms with van der Waals surface area (Å²) < 4.78 is 4.87. The Kier molecular flexibility index (Phi) is 6.45. The van der Waals surface area contributed by atoms with E-state index in [0.29, 0.717) is 25.6 Å². The summed E-state index contributed by atoms with van der Waals surface area (Å²) in [6.07, 6.45) is 3.77. The summed E-state index contributed by atoms with van der Waals surface area (Å²) in [6.45, 7) is 5.41. The van der Waals surface area contributed by atoms with Crippen molar-refractivity contribution in [1.82, 2.24) is 10.2 Å². The Morgan fingerprint density at radius 3 is 2.68 bits per heavy atom. The van der Waals surface area contributed by atoms with Crippen LogP contribution < -0.4 is 11.1 Å². The first-order valence-electron chi connectivity index (χ1n) is 7.04. The molecule has 0 spiro atoms. The fourth-order valence-corrected chi connectivity index (χ4v) is 2.53. The number of primary amides is 1. The highest BCUT2D eigenvalue weighted by atomic mass is 16.5. The third kappa shape index (κ3) is 5.36. The maximum Gasteiger partial charge on any atom is 0.407 e. The van der Waals surface area contributed by atoms with E-state index >= 15 is 0 Å². The molecule has 0 aromatic carbocycles. The molecule has 0 aromatic rings. The molecular formula is C13H25N3O3. The van der Waals surface area contributed by atoms with E-state index in [2.05, 4.69) is 12.2 Å². The minimum Gasteiger partial charge on any atom is -0.450 e. The van der Waals surface area contributed by atoms with Crippen LogP contribution in [-0.2, 0) is 4.74 Å². The largest absolute Gasteiger partial charge is 0.450 e. The quantitative estimate of drug-likeness (QED) is 0.798. The van der Waals surface area contributed by atoms with Crippen LogP contribution in [0, 0.1) is 5.92 Å². The molecule has 6 nitrogen and oxygen atoms in total. The number of urea groups is 1. The molecule has 1 aliphatic heterocycles. The van der Waals surface area contributed by atoms with Crippen LogP contribution in [0.15, 0.2) is 0 Å². The topological polar surface area (TPSA) is 84.7 Å². The van der Waals surface area contributed by atoms with Gasteiger partial charge in [0.05, 0.1) is 12.6 Å². The van der Waals surface area contributed by atoms with Gasteiger partial charge in [0.15, 0.2) is 0 Å². The van der Waals surface area contributed by atoms with Crippen LogP contribution in [0.5, 0.6) is 0 Å². The third-order valence-electron chi connectivity index (χ3n) is 3.41. The molecule has 0 radical (unpaired) electrons. The van der Waals surface area contributed by atoms with Gasteiger partial charge >= 0.3 is 12.1 Å². The van der Waals surface area contributed by atoms with E-state index in [1.807, 2.05) is 0 Å². The van der Waals surface area contributed by atoms with Gasteiger partial charge in [0.2, 0.25) is 0 Å². The molecular weight excluding hydrogens is 246 g/mol. The number of piperidine rings is 1. The first-order valence-corrected chi connectivity index (χ1v) is 7.04. The summed E-state index contributed by atoms with van der Waals surface area (Å²) >= 11 is 0. The maximum atomic E-state index is 11.4. The van der Waals surface area contributed by atoms with Gasteiger partial charge in [-0.25, -0.2) is 9.59 Å². The van der Waals surface area contributed by atoms with Crippen LogP contribution in [0.2, 0.25) is 0 Å². The molecule has 19 heavy (non-hydrogen) atoms. The average Bonchev–Trinajstić information content (AvgIpc) is 2.36. The Morgan fingerprint density at radius 1 is 1.37 bits per heavy atom. The summed E-state index contributed by atoms with van der Waals surface area (Å²) in [5, 5.41) is 2.80. The summed E-state index contributed by atoms with van der Waals surface area (Å²) in [7, 11) is 0. The molecule has 1 heterocycles. The molecule has 0 aliphatic carbocycles. The van der Waals surface area contributed by atoms with Crippen molar-refractivity contribution >= 4 is 12.1 Å². The van der Waals surface area contributed by atoms with Gasteiger partial charge in [0, 0.05) is 13.1 Å². The second-order valence-electron chi connectivity index (χ2n) is 5.05. The first kappa shape index (κ1) is 15.6. The van der Waals surface area contributed by atoms with Crippen molar-refractivity contribution in [3.05, 3.63) is 0 Å². The van der Waals surface area contributed by atoms with Crippen molar-refractivity contribution in [3.8, 4) is 0 Å². The number of hydrogen-bond donors (Lipinski definition) is 2. The van der Waals surface area contributed by atoms with E-state index in [9.17, 15) is 9.59 Å². The van der Waals surface area contributed by atoms with E-state index in [1.54, 1.807) is 11.8 Å². The second kappa shape index (κ2) is 7.86. The second-order valence-corrected chi connectivity index (χ2v) is 5.05. The van der Waals surface area contributed by atoms with Crippen LogP contribution in [0.4, 0.5) is 9.59 Å². The molecule has 110 valence electrons. The van der Waals surface area contributed by atoms with E-state index in [4.69, 9.17) is 10.5 Å². The van der Waals surface area contributed by atoms with Crippen LogP contribution >= 0.6 is 0 Å². The highest BCUT2D eigenvalue weighted by molar-refractivity contribution is 5.72. The number of carbonyl (C=O) groups excluding carboxylic acids is 2. The van der Waals surface area contributed by atoms with Crippen molar-refractivity contribution in [2.24, 2.45) is 11.7 Å². The molecule has 0 saturated carbocycles. The van der Waals surface area contributed by atoms with Gasteiger partial charge in [-0.15, -0.1) is 0 Å². The lowest BCUT2D eigenvalue weighted by atomic mass is 9.90. The van der Waals surface area contributed by atoms with Crippen molar-refractivity contribution in [1.29, 1.82) is 0 Å². The molecule has 2 atom stereocenters. The molecule has 3 amide bonds. The van der Waals surface area contributed by atoms with Gasteiger partial charge in [-0.2, -0.15) is 0 Å². The maximum absolute atomic E-state index is 11.4. The molecule has 1 aliphatic rings. The van der Waals surface area contributed by atoms with E-state index in [1.165, 1.54) is 0 Å². The lowest BCUT2D eigenvalue weighted by Gasteiger charge is -2.37. The number of hydrogen-bond acceptors (Lipinski definition) is 3. The number of likely N-dealkylation sites (tertiary alicyclic amines) is 1. The van der Waals surface area contributed by atoms with Crippen LogP contribution in [0.1, 0.15) is 39.5 Å². The Balaban J connectivity index is 2.54. The highest BCUT2D eigenvalue weighted by Gasteiger charge is 2.29. The molecule has 0 aromatic heterocycles. The molecule has 0 bridgehead atoms. The zero-order chi connectivity index (χ0) is 14.3. The average molecular weight is 271 g/mol. The van der Waals surface area contributed by atoms with Gasteiger partial charge in [0.25, 0.3) is 0 Å². The van der Waals surface area contributed by atoms with Gasteiger partial charge in [-0.3, -0.25) is 0 Å². The number of ether oxygens (including phenoxy) is 1. The number of rotatable bonds is 5. The molecule has 1 saturated heterocycles. The number of nitrogens with zero attached hydrogens (tertiary/aromatic N) is 1. The van der Waals surface area contributed by atoms with Crippen molar-refractivity contribution in [3.63, 3.8) is 0 Å². The minimum absolute atomic E-state index is 0.0674. The van der Waals surface area contributed by atoms with Crippen molar-refractivity contribution in [2.45, 2.75) is 45.6 Å². The van der Waals surface area contributed by atoms with E-state index < -0.39 is 12.1 Å². The SMILES string of the molecule is CCCCC1CC(NC(=O)OCC)CN(C(N)=O)C1. The third-order valence-corrected chi connectivity index (χ3v) is 3.41. The Labute approximate surface area is 114 Å². The summed E-state index contributed by atoms with van der Waals surface area (Å²) in [6, 6.07) is -0.487. The zero-order valence-corrected chi connectivity index (χ0v) is 11.9. The molecule has 1 fully saturated rings. The van der Waals surface area contributed by atoms with Crippen LogP contribution in [0.3, 0.4) is 0 Å². The number of carbonyl (C=O) groups is 2. The van der Waals surface area contributed by atoms with Gasteiger partial charge in [-0.1, -0.05) is 19.8 Å². The molecule has 3 N–H and O–H groups in total. The fraction of sp³-hybridized carbons (Fsp3) is 0.846. The molecule has 6 heteroatoms. The van der Waals surface area contributed by atoms with E-state index in [-0.39, 0.29) is 6.04 Å². The summed E-state index contributed by atoms with van der Waals surface area (Å²) in [5.41, 5.74) is 5.35. The molecule has 2 unspecified atom stereocenters. The summed E-state index contributed by atoms with van der Waals surface area (Å²) in [5.74, 6) is 0.396. The predicted octanol–water partition coefficient (Wildman–Crippen LogP) is 1.69. The predicted molar refractivity (Wildman–Crippen MR) is 72.7 cm³/mol. The highest BCUT2D eigenvalue weighted by Crippen LogP contribution is 2.22. The minimum atomic E-state index is -0.423. The number of alkyl carbamates (subject to hydrolysis) is 1. The molecule has 1 rings (SSSR count). The van der Waals surface area contributed by atoms with Gasteiger partial charge in [0.1, 0.15) is 0 Å². The standard InChI is InChI=1S/C13H25N3O3/c1-3-5-6-10-7-11(15-13(18)19-4-2)9-16(8-10)12(14)17/h10-11H,3-9H2,1-2H3,(H2,14,17)(H,15,18). The smallest absolute Gasteiger partial charge is 0.407 e. The lowest BCUT2D eigenvalue weighted by Crippen LogP contribution is -2.54. The van der Waals surface area contributed by atoms with Crippen molar-refractivity contribution in [2.75, 3.05) is 19.7 Å². The first-order chi connectivity index (χ1) is 9.06. The number of unbranched alkanes of at least 4 members (excludes halogenated alkanes) is 1. The summed E-state index contributed by atoms with van der Waals surface area (Å²) in [4.78, 5) is 24.4. The zero-order valence-electron chi connectivity index (χ0n) is 11.9. The Hall–Kier alpha value is -1.46. The Morgan fingerprint density at radius 2 is 2.11 bits per heavy atom. The van der Waals surface area contributed by atoms with Crippen LogP contribution in [0.25, 0.3) is 0 Å². The number of nitrogens with two attached hydrogens (primary N) is 1. The van der Waals surface area contributed by atoms with Gasteiger partial charge < -0.3 is 20.7 Å². The lowest BCUT2D eigenvalue weighted by molar-refractivity contribution is 0.123. The van der Waals surface area contributed by atoms with Crippen LogP contribution in [-0.4, -0.2) is 42.8 Å². The van der Waals surface area contributed by atoms with Crippen molar-refractivity contribution < 1.29 is 14.3 Å². The normalized spacial score (nSPS) is 22.9. The number of nitrogens with one attached hydrogen (secondary N) is 1. The van der Waals surface area contributed by atoms with Gasteiger partial charge in [-0.05, 0) is 25.7 Å². The monoisotopic (exact) mass is 271 g/mol. The fourth-order valence-electron chi connectivity index (χ4n) is 2.53.